The molecule has 4 nitrogen and oxygen atoms in total. The fourth-order valence-corrected chi connectivity index (χ4v) is 2.78. The molecule has 1 unspecified atom stereocenters. The molecule has 3 rings (SSSR count). The van der Waals surface area contributed by atoms with Gasteiger partial charge in [-0.3, -0.25) is 4.68 Å². The lowest BCUT2D eigenvalue weighted by Crippen LogP contribution is -2.31. The molecule has 0 aliphatic heterocycles. The minimum atomic E-state index is -0.200. The molecule has 1 fully saturated rings. The Labute approximate surface area is 117 Å². The smallest absolute Gasteiger partial charge is 0.137 e. The Hall–Kier alpha value is -1.75. The van der Waals surface area contributed by atoms with Crippen LogP contribution in [0.3, 0.4) is 0 Å². The molecule has 0 spiro atoms. The second-order valence-electron chi connectivity index (χ2n) is 5.41. The van der Waals surface area contributed by atoms with E-state index in [9.17, 15) is 4.39 Å². The summed E-state index contributed by atoms with van der Waals surface area (Å²) in [6.07, 6.45) is 6.27. The summed E-state index contributed by atoms with van der Waals surface area (Å²) in [5.74, 6) is 0.120. The number of halogens is 1. The van der Waals surface area contributed by atoms with Crippen molar-refractivity contribution in [3.8, 4) is 0 Å². The van der Waals surface area contributed by atoms with Gasteiger partial charge in [0.25, 0.3) is 0 Å². The zero-order chi connectivity index (χ0) is 14.0. The van der Waals surface area contributed by atoms with Crippen LogP contribution in [-0.2, 0) is 17.7 Å². The van der Waals surface area contributed by atoms with E-state index in [0.29, 0.717) is 5.92 Å². The third kappa shape index (κ3) is 2.72. The largest absolute Gasteiger partial charge is 0.378 e. The van der Waals surface area contributed by atoms with Crippen molar-refractivity contribution in [2.24, 2.45) is 5.92 Å². The molecule has 0 radical (unpaired) electrons. The van der Waals surface area contributed by atoms with Gasteiger partial charge in [-0.25, -0.2) is 9.37 Å². The maximum absolute atomic E-state index is 13.0. The molecular formula is C15H18FN3O. The van der Waals surface area contributed by atoms with Gasteiger partial charge in [0.1, 0.15) is 18.5 Å². The summed E-state index contributed by atoms with van der Waals surface area (Å²) < 4.78 is 20.6. The van der Waals surface area contributed by atoms with Crippen LogP contribution in [-0.4, -0.2) is 27.5 Å². The number of methoxy groups -OCH3 is 1. The molecule has 0 bridgehead atoms. The first-order valence-electron chi connectivity index (χ1n) is 6.84. The molecule has 1 aliphatic carbocycles. The number of aromatic nitrogens is 3. The standard InChI is InChI=1S/C15H18FN3O/c1-20-15(6-7-15)13(9-19-11-17-10-18-19)8-12-2-4-14(16)5-3-12/h2-5,10-11,13H,6-9H2,1H3. The molecule has 106 valence electrons. The van der Waals surface area contributed by atoms with Crippen molar-refractivity contribution in [2.75, 3.05) is 7.11 Å². The van der Waals surface area contributed by atoms with Crippen molar-refractivity contribution < 1.29 is 9.13 Å². The van der Waals surface area contributed by atoms with E-state index in [1.54, 1.807) is 19.8 Å². The molecule has 0 saturated heterocycles. The summed E-state index contributed by atoms with van der Waals surface area (Å²) in [7, 11) is 1.77. The molecule has 1 heterocycles. The SMILES string of the molecule is COC1(C(Cc2ccc(F)cc2)Cn2cncn2)CC1. The highest BCUT2D eigenvalue weighted by molar-refractivity contribution is 5.18. The third-order valence-corrected chi connectivity index (χ3v) is 4.16. The Morgan fingerprint density at radius 1 is 1.35 bits per heavy atom. The highest BCUT2D eigenvalue weighted by atomic mass is 19.1. The summed E-state index contributed by atoms with van der Waals surface area (Å²) in [5, 5.41) is 4.18. The Bertz CT molecular complexity index is 549. The lowest BCUT2D eigenvalue weighted by Gasteiger charge is -2.26. The molecule has 0 amide bonds. The van der Waals surface area contributed by atoms with Crippen LogP contribution in [0.2, 0.25) is 0 Å². The van der Waals surface area contributed by atoms with Crippen LogP contribution in [0.15, 0.2) is 36.9 Å². The van der Waals surface area contributed by atoms with Crippen LogP contribution in [0.5, 0.6) is 0 Å². The highest BCUT2D eigenvalue weighted by Crippen LogP contribution is 2.47. The van der Waals surface area contributed by atoms with Gasteiger partial charge in [0.2, 0.25) is 0 Å². The molecule has 1 aromatic heterocycles. The first-order chi connectivity index (χ1) is 9.72. The maximum Gasteiger partial charge on any atom is 0.137 e. The molecule has 5 heteroatoms. The van der Waals surface area contributed by atoms with Crippen LogP contribution in [0.25, 0.3) is 0 Å². The van der Waals surface area contributed by atoms with E-state index in [2.05, 4.69) is 10.1 Å². The van der Waals surface area contributed by atoms with Gasteiger partial charge in [0.15, 0.2) is 0 Å². The number of hydrogen-bond acceptors (Lipinski definition) is 3. The van der Waals surface area contributed by atoms with Gasteiger partial charge < -0.3 is 4.74 Å². The molecule has 20 heavy (non-hydrogen) atoms. The van der Waals surface area contributed by atoms with Crippen LogP contribution in [0.1, 0.15) is 18.4 Å². The highest BCUT2D eigenvalue weighted by Gasteiger charge is 2.49. The van der Waals surface area contributed by atoms with Crippen molar-refractivity contribution in [3.05, 3.63) is 48.3 Å². The van der Waals surface area contributed by atoms with Gasteiger partial charge >= 0.3 is 0 Å². The first-order valence-corrected chi connectivity index (χ1v) is 6.84. The Balaban J connectivity index is 1.77. The van der Waals surface area contributed by atoms with Gasteiger partial charge in [-0.2, -0.15) is 5.10 Å². The zero-order valence-electron chi connectivity index (χ0n) is 11.5. The average molecular weight is 275 g/mol. The van der Waals surface area contributed by atoms with E-state index < -0.39 is 0 Å². The fraction of sp³-hybridized carbons (Fsp3) is 0.467. The molecule has 1 aromatic carbocycles. The minimum Gasteiger partial charge on any atom is -0.378 e. The van der Waals surface area contributed by atoms with Crippen LogP contribution in [0.4, 0.5) is 4.39 Å². The summed E-state index contributed by atoms with van der Waals surface area (Å²) in [4.78, 5) is 3.98. The van der Waals surface area contributed by atoms with Crippen LogP contribution >= 0.6 is 0 Å². The van der Waals surface area contributed by atoms with Crippen molar-refractivity contribution in [3.63, 3.8) is 0 Å². The van der Waals surface area contributed by atoms with Crippen molar-refractivity contribution >= 4 is 0 Å². The average Bonchev–Trinajstić information content (AvgIpc) is 3.10. The summed E-state index contributed by atoms with van der Waals surface area (Å²) in [6, 6.07) is 6.70. The molecule has 0 N–H and O–H groups in total. The summed E-state index contributed by atoms with van der Waals surface area (Å²) in [6.45, 7) is 0.769. The monoisotopic (exact) mass is 275 g/mol. The second kappa shape index (κ2) is 5.32. The number of ether oxygens (including phenoxy) is 1. The number of benzene rings is 1. The van der Waals surface area contributed by atoms with Crippen molar-refractivity contribution in [1.82, 2.24) is 14.8 Å². The number of hydrogen-bond donors (Lipinski definition) is 0. The number of rotatable bonds is 6. The molecule has 1 aliphatic rings. The molecular weight excluding hydrogens is 257 g/mol. The van der Waals surface area contributed by atoms with E-state index in [1.807, 2.05) is 16.8 Å². The van der Waals surface area contributed by atoms with Gasteiger partial charge in [-0.05, 0) is 37.0 Å². The maximum atomic E-state index is 13.0. The first kappa shape index (κ1) is 13.2. The van der Waals surface area contributed by atoms with Gasteiger partial charge in [-0.1, -0.05) is 12.1 Å². The molecule has 1 saturated carbocycles. The van der Waals surface area contributed by atoms with Crippen LogP contribution in [0, 0.1) is 11.7 Å². The van der Waals surface area contributed by atoms with E-state index >= 15 is 0 Å². The Morgan fingerprint density at radius 2 is 2.10 bits per heavy atom. The Morgan fingerprint density at radius 3 is 2.65 bits per heavy atom. The van der Waals surface area contributed by atoms with Gasteiger partial charge in [-0.15, -0.1) is 0 Å². The summed E-state index contributed by atoms with van der Waals surface area (Å²) >= 11 is 0. The minimum absolute atomic E-state index is 0.0552. The van der Waals surface area contributed by atoms with E-state index in [-0.39, 0.29) is 11.4 Å². The van der Waals surface area contributed by atoms with E-state index in [1.165, 1.54) is 12.1 Å². The fourth-order valence-electron chi connectivity index (χ4n) is 2.78. The normalized spacial score (nSPS) is 17.9. The zero-order valence-corrected chi connectivity index (χ0v) is 11.5. The number of nitrogens with zero attached hydrogens (tertiary/aromatic N) is 3. The molecule has 2 aromatic rings. The van der Waals surface area contributed by atoms with Gasteiger partial charge in [0.05, 0.1) is 5.60 Å². The van der Waals surface area contributed by atoms with Crippen molar-refractivity contribution in [1.29, 1.82) is 0 Å². The van der Waals surface area contributed by atoms with E-state index in [4.69, 9.17) is 4.74 Å². The van der Waals surface area contributed by atoms with Crippen LogP contribution < -0.4 is 0 Å². The topological polar surface area (TPSA) is 39.9 Å². The molecule has 1 atom stereocenters. The third-order valence-electron chi connectivity index (χ3n) is 4.16. The lowest BCUT2D eigenvalue weighted by atomic mass is 9.92. The quantitative estimate of drug-likeness (QED) is 0.813. The van der Waals surface area contributed by atoms with Crippen molar-refractivity contribution in [2.45, 2.75) is 31.4 Å². The second-order valence-corrected chi connectivity index (χ2v) is 5.41. The van der Waals surface area contributed by atoms with E-state index in [0.717, 1.165) is 31.4 Å². The predicted octanol–water partition coefficient (Wildman–Crippen LogP) is 2.46. The Kier molecular flexibility index (Phi) is 3.53. The predicted molar refractivity (Wildman–Crippen MR) is 72.6 cm³/mol. The lowest BCUT2D eigenvalue weighted by molar-refractivity contribution is 0.0200. The summed E-state index contributed by atoms with van der Waals surface area (Å²) in [5.41, 5.74) is 1.07. The van der Waals surface area contributed by atoms with Gasteiger partial charge in [0, 0.05) is 19.6 Å².